The Kier molecular flexibility index (Phi) is 3.97. The summed E-state index contributed by atoms with van der Waals surface area (Å²) in [5.41, 5.74) is 4.78. The SMILES string of the molecule is Cc1cc(C2(C)C=C(Br)C3=CC=C(Cl)CC3(C)N2)c2oc3ccccc3c2c1. The van der Waals surface area contributed by atoms with Crippen LogP contribution in [0.4, 0.5) is 0 Å². The fourth-order valence-electron chi connectivity index (χ4n) is 4.75. The van der Waals surface area contributed by atoms with Gasteiger partial charge >= 0.3 is 0 Å². The van der Waals surface area contributed by atoms with E-state index in [-0.39, 0.29) is 5.54 Å². The average molecular weight is 455 g/mol. The highest BCUT2D eigenvalue weighted by Gasteiger charge is 2.44. The van der Waals surface area contributed by atoms with E-state index in [0.717, 1.165) is 43.4 Å². The first-order valence-electron chi connectivity index (χ1n) is 9.46. The highest BCUT2D eigenvalue weighted by Crippen LogP contribution is 2.47. The number of halogens is 2. The lowest BCUT2D eigenvalue weighted by molar-refractivity contribution is 0.300. The Labute approximate surface area is 178 Å². The molecule has 142 valence electrons. The Balaban J connectivity index is 1.77. The Morgan fingerprint density at radius 3 is 2.71 bits per heavy atom. The number of nitrogens with one attached hydrogen (secondary N) is 1. The van der Waals surface area contributed by atoms with Crippen molar-refractivity contribution in [3.63, 3.8) is 0 Å². The highest BCUT2D eigenvalue weighted by molar-refractivity contribution is 9.12. The zero-order valence-electron chi connectivity index (χ0n) is 16.1. The molecule has 4 heteroatoms. The number of furan rings is 1. The van der Waals surface area contributed by atoms with Crippen LogP contribution in [0, 0.1) is 6.92 Å². The van der Waals surface area contributed by atoms with Crippen LogP contribution in [0.2, 0.25) is 0 Å². The Bertz CT molecular complexity index is 1230. The molecule has 1 aliphatic carbocycles. The van der Waals surface area contributed by atoms with Crippen molar-refractivity contribution in [2.24, 2.45) is 0 Å². The molecule has 1 N–H and O–H groups in total. The smallest absolute Gasteiger partial charge is 0.140 e. The van der Waals surface area contributed by atoms with Gasteiger partial charge in [-0.1, -0.05) is 57.9 Å². The van der Waals surface area contributed by atoms with Gasteiger partial charge in [0.25, 0.3) is 0 Å². The van der Waals surface area contributed by atoms with Crippen LogP contribution in [0.15, 0.2) is 74.1 Å². The van der Waals surface area contributed by atoms with Crippen LogP contribution in [0.3, 0.4) is 0 Å². The molecular formula is C24H21BrClNO. The van der Waals surface area contributed by atoms with Gasteiger partial charge in [-0.2, -0.15) is 0 Å². The van der Waals surface area contributed by atoms with Gasteiger partial charge in [-0.25, -0.2) is 0 Å². The third kappa shape index (κ3) is 2.64. The van der Waals surface area contributed by atoms with Gasteiger partial charge in [0.1, 0.15) is 11.2 Å². The van der Waals surface area contributed by atoms with E-state index >= 15 is 0 Å². The van der Waals surface area contributed by atoms with Crippen LogP contribution in [0.25, 0.3) is 21.9 Å². The van der Waals surface area contributed by atoms with Crippen molar-refractivity contribution in [2.75, 3.05) is 0 Å². The van der Waals surface area contributed by atoms with Gasteiger partial charge in [-0.15, -0.1) is 0 Å². The van der Waals surface area contributed by atoms with E-state index < -0.39 is 5.54 Å². The molecule has 2 unspecified atom stereocenters. The molecular weight excluding hydrogens is 434 g/mol. The summed E-state index contributed by atoms with van der Waals surface area (Å²) in [5, 5.41) is 7.06. The maximum absolute atomic E-state index is 6.41. The molecule has 2 aliphatic rings. The van der Waals surface area contributed by atoms with Crippen LogP contribution in [-0.4, -0.2) is 5.54 Å². The molecule has 5 rings (SSSR count). The van der Waals surface area contributed by atoms with Crippen molar-refractivity contribution < 1.29 is 4.42 Å². The molecule has 2 atom stereocenters. The van der Waals surface area contributed by atoms with E-state index in [4.69, 9.17) is 16.0 Å². The third-order valence-electron chi connectivity index (χ3n) is 5.94. The largest absolute Gasteiger partial charge is 0.456 e. The van der Waals surface area contributed by atoms with Crippen molar-refractivity contribution in [3.05, 3.63) is 80.8 Å². The second-order valence-electron chi connectivity index (χ2n) is 8.31. The maximum atomic E-state index is 6.41. The Morgan fingerprint density at radius 2 is 1.89 bits per heavy atom. The van der Waals surface area contributed by atoms with Gasteiger partial charge in [0, 0.05) is 37.8 Å². The molecule has 2 nitrogen and oxygen atoms in total. The van der Waals surface area contributed by atoms with Gasteiger partial charge in [0.2, 0.25) is 0 Å². The van der Waals surface area contributed by atoms with Crippen molar-refractivity contribution in [1.82, 2.24) is 5.32 Å². The highest BCUT2D eigenvalue weighted by atomic mass is 79.9. The van der Waals surface area contributed by atoms with Gasteiger partial charge in [-0.3, -0.25) is 5.32 Å². The van der Waals surface area contributed by atoms with Crippen molar-refractivity contribution in [3.8, 4) is 0 Å². The number of benzene rings is 2. The standard InChI is InChI=1S/C24H21BrClNO/c1-14-10-17-16-6-4-5-7-21(16)28-22(17)19(11-14)24(3)13-20(25)18-9-8-15(26)12-23(18,2)27-24/h4-11,13,27H,12H2,1-3H3. The number of hydrogen-bond donors (Lipinski definition) is 1. The topological polar surface area (TPSA) is 25.2 Å². The minimum atomic E-state index is -0.405. The molecule has 0 radical (unpaired) electrons. The molecule has 1 aromatic heterocycles. The Hall–Kier alpha value is -1.81. The molecule has 3 aromatic rings. The van der Waals surface area contributed by atoms with Crippen molar-refractivity contribution in [1.29, 1.82) is 0 Å². The molecule has 0 amide bonds. The average Bonchev–Trinajstić information content (AvgIpc) is 2.98. The van der Waals surface area contributed by atoms with E-state index in [1.807, 2.05) is 18.2 Å². The van der Waals surface area contributed by atoms with Crippen LogP contribution in [0.5, 0.6) is 0 Å². The van der Waals surface area contributed by atoms with Crippen LogP contribution in [-0.2, 0) is 5.54 Å². The molecule has 0 spiro atoms. The first-order valence-corrected chi connectivity index (χ1v) is 10.6. The van der Waals surface area contributed by atoms with Crippen LogP contribution >= 0.6 is 27.5 Å². The second kappa shape index (κ2) is 6.09. The van der Waals surface area contributed by atoms with Crippen molar-refractivity contribution >= 4 is 49.5 Å². The molecule has 2 heterocycles. The molecule has 0 bridgehead atoms. The summed E-state index contributed by atoms with van der Waals surface area (Å²) in [4.78, 5) is 0. The summed E-state index contributed by atoms with van der Waals surface area (Å²) >= 11 is 10.2. The van der Waals surface area contributed by atoms with Gasteiger partial charge in [0.05, 0.1) is 5.54 Å². The lowest BCUT2D eigenvalue weighted by Gasteiger charge is -2.47. The number of rotatable bonds is 1. The van der Waals surface area contributed by atoms with Gasteiger partial charge in [0.15, 0.2) is 0 Å². The lowest BCUT2D eigenvalue weighted by Crippen LogP contribution is -2.57. The van der Waals surface area contributed by atoms with E-state index in [2.05, 4.69) is 78.4 Å². The van der Waals surface area contributed by atoms with E-state index in [9.17, 15) is 0 Å². The first-order chi connectivity index (χ1) is 13.3. The fraction of sp³-hybridized carbons (Fsp3) is 0.250. The van der Waals surface area contributed by atoms with Crippen molar-refractivity contribution in [2.45, 2.75) is 38.3 Å². The monoisotopic (exact) mass is 453 g/mol. The molecule has 0 saturated carbocycles. The third-order valence-corrected chi connectivity index (χ3v) is 6.85. The summed E-state index contributed by atoms with van der Waals surface area (Å²) in [5.74, 6) is 0. The van der Waals surface area contributed by atoms with E-state index in [1.165, 1.54) is 11.1 Å². The van der Waals surface area contributed by atoms with Crippen LogP contribution < -0.4 is 5.32 Å². The number of aryl methyl sites for hydroxylation is 1. The molecule has 28 heavy (non-hydrogen) atoms. The van der Waals surface area contributed by atoms with E-state index in [1.54, 1.807) is 0 Å². The predicted octanol–water partition coefficient (Wildman–Crippen LogP) is 7.20. The quantitative estimate of drug-likeness (QED) is 0.420. The van der Waals surface area contributed by atoms with Gasteiger partial charge in [-0.05, 0) is 56.2 Å². The summed E-state index contributed by atoms with van der Waals surface area (Å²) in [6.45, 7) is 6.57. The molecule has 2 aromatic carbocycles. The number of para-hydroxylation sites is 1. The molecule has 1 aliphatic heterocycles. The number of hydrogen-bond acceptors (Lipinski definition) is 2. The van der Waals surface area contributed by atoms with Gasteiger partial charge < -0.3 is 4.42 Å². The zero-order valence-corrected chi connectivity index (χ0v) is 18.4. The fourth-order valence-corrected chi connectivity index (χ4v) is 6.10. The second-order valence-corrected chi connectivity index (χ2v) is 9.65. The number of fused-ring (bicyclic) bond motifs is 4. The summed E-state index contributed by atoms with van der Waals surface area (Å²) in [7, 11) is 0. The van der Waals surface area contributed by atoms with Crippen LogP contribution in [0.1, 0.15) is 31.4 Å². The summed E-state index contributed by atoms with van der Waals surface area (Å²) in [6.07, 6.45) is 7.09. The Morgan fingerprint density at radius 1 is 1.11 bits per heavy atom. The molecule has 0 fully saturated rings. The predicted molar refractivity (Wildman–Crippen MR) is 121 cm³/mol. The summed E-state index contributed by atoms with van der Waals surface area (Å²) < 4.78 is 7.45. The zero-order chi connectivity index (χ0) is 19.7. The molecule has 0 saturated heterocycles. The minimum Gasteiger partial charge on any atom is -0.456 e. The maximum Gasteiger partial charge on any atom is 0.140 e. The van der Waals surface area contributed by atoms with E-state index in [0.29, 0.717) is 0 Å². The lowest BCUT2D eigenvalue weighted by atomic mass is 9.75. The normalized spacial score (nSPS) is 27.4. The first kappa shape index (κ1) is 18.2. The summed E-state index contributed by atoms with van der Waals surface area (Å²) in [6, 6.07) is 12.7. The minimum absolute atomic E-state index is 0.254. The number of allylic oxidation sites excluding steroid dienone is 2.